The number of hydrogen-bond donors (Lipinski definition) is 0. The maximum absolute atomic E-state index is 13.2. The Kier molecular flexibility index (Phi) is 6.92. The van der Waals surface area contributed by atoms with Gasteiger partial charge in [0, 0.05) is 44.0 Å². The number of hydrogen-bond acceptors (Lipinski definition) is 7. The van der Waals surface area contributed by atoms with Crippen molar-refractivity contribution in [2.75, 3.05) is 45.3 Å². The Balaban J connectivity index is 1.42. The van der Waals surface area contributed by atoms with Crippen molar-refractivity contribution in [3.05, 3.63) is 64.2 Å². The number of ether oxygens (including phenoxy) is 2. The smallest absolute Gasteiger partial charge is 0.243 e. The summed E-state index contributed by atoms with van der Waals surface area (Å²) in [7, 11) is -0.595. The lowest BCUT2D eigenvalue weighted by Crippen LogP contribution is -2.48. The van der Waals surface area contributed by atoms with E-state index in [1.807, 2.05) is 0 Å². The SMILES string of the molecule is COc1ccc(S(=O)(=O)N2CCN(c3nc(Cc4cccc(C)c4C)cs3)CC2)cc1OC. The molecule has 9 heteroatoms. The molecule has 0 spiro atoms. The van der Waals surface area contributed by atoms with Crippen LogP contribution in [0.2, 0.25) is 0 Å². The average molecular weight is 488 g/mol. The predicted molar refractivity (Wildman–Crippen MR) is 131 cm³/mol. The van der Waals surface area contributed by atoms with Crippen LogP contribution in [0.4, 0.5) is 5.13 Å². The van der Waals surface area contributed by atoms with Crippen molar-refractivity contribution >= 4 is 26.5 Å². The second kappa shape index (κ2) is 9.70. The van der Waals surface area contributed by atoms with Gasteiger partial charge in [-0.2, -0.15) is 4.31 Å². The maximum atomic E-state index is 13.2. The van der Waals surface area contributed by atoms with Crippen LogP contribution in [-0.2, 0) is 16.4 Å². The summed E-state index contributed by atoms with van der Waals surface area (Å²) in [4.78, 5) is 7.20. The number of sulfonamides is 1. The second-order valence-corrected chi connectivity index (χ2v) is 10.8. The van der Waals surface area contributed by atoms with Gasteiger partial charge in [0.1, 0.15) is 0 Å². The van der Waals surface area contributed by atoms with E-state index in [9.17, 15) is 8.42 Å². The molecule has 1 aliphatic rings. The van der Waals surface area contributed by atoms with Crippen LogP contribution in [0.5, 0.6) is 11.5 Å². The number of benzene rings is 2. The van der Waals surface area contributed by atoms with Gasteiger partial charge in [-0.25, -0.2) is 13.4 Å². The Labute approximate surface area is 199 Å². The summed E-state index contributed by atoms with van der Waals surface area (Å²) in [6.45, 7) is 6.29. The van der Waals surface area contributed by atoms with Gasteiger partial charge in [0.05, 0.1) is 24.8 Å². The van der Waals surface area contributed by atoms with E-state index in [2.05, 4.69) is 42.3 Å². The number of rotatable bonds is 7. The molecule has 3 aromatic rings. The highest BCUT2D eigenvalue weighted by Crippen LogP contribution is 2.31. The van der Waals surface area contributed by atoms with Crippen LogP contribution in [0.3, 0.4) is 0 Å². The maximum Gasteiger partial charge on any atom is 0.243 e. The van der Waals surface area contributed by atoms with Gasteiger partial charge < -0.3 is 14.4 Å². The average Bonchev–Trinajstić information content (AvgIpc) is 3.30. The molecule has 0 bridgehead atoms. The van der Waals surface area contributed by atoms with Crippen molar-refractivity contribution in [2.45, 2.75) is 25.2 Å². The number of thiazole rings is 1. The molecule has 1 fully saturated rings. The molecule has 0 unspecified atom stereocenters. The van der Waals surface area contributed by atoms with Crippen LogP contribution >= 0.6 is 11.3 Å². The lowest BCUT2D eigenvalue weighted by atomic mass is 10.0. The summed E-state index contributed by atoms with van der Waals surface area (Å²) >= 11 is 1.62. The molecule has 0 atom stereocenters. The summed E-state index contributed by atoms with van der Waals surface area (Å²) < 4.78 is 38.3. The minimum atomic E-state index is -3.62. The zero-order valence-electron chi connectivity index (χ0n) is 19.4. The third-order valence-electron chi connectivity index (χ3n) is 6.13. The molecule has 2 heterocycles. The number of anilines is 1. The molecule has 1 saturated heterocycles. The molecule has 0 aliphatic carbocycles. The first-order valence-corrected chi connectivity index (χ1v) is 13.1. The standard InChI is InChI=1S/C24H29N3O4S2/c1-17-6-5-7-19(18(17)2)14-20-16-32-24(25-20)26-10-12-27(13-11-26)33(28,29)21-8-9-22(30-3)23(15-21)31-4/h5-9,15-16H,10-14H2,1-4H3. The lowest BCUT2D eigenvalue weighted by Gasteiger charge is -2.33. The molecule has 0 N–H and O–H groups in total. The molecule has 1 aromatic heterocycles. The van der Waals surface area contributed by atoms with Gasteiger partial charge in [0.15, 0.2) is 16.6 Å². The Morgan fingerprint density at radius 1 is 1.00 bits per heavy atom. The molecule has 0 radical (unpaired) electrons. The van der Waals surface area contributed by atoms with Crippen molar-refractivity contribution in [3.63, 3.8) is 0 Å². The van der Waals surface area contributed by atoms with Gasteiger partial charge >= 0.3 is 0 Å². The molecule has 7 nitrogen and oxygen atoms in total. The van der Waals surface area contributed by atoms with Crippen LogP contribution in [0.25, 0.3) is 0 Å². The van der Waals surface area contributed by atoms with E-state index in [1.54, 1.807) is 23.5 Å². The number of aromatic nitrogens is 1. The minimum Gasteiger partial charge on any atom is -0.493 e. The highest BCUT2D eigenvalue weighted by atomic mass is 32.2. The first kappa shape index (κ1) is 23.5. The van der Waals surface area contributed by atoms with E-state index in [4.69, 9.17) is 14.5 Å². The van der Waals surface area contributed by atoms with E-state index < -0.39 is 10.0 Å². The van der Waals surface area contributed by atoms with E-state index in [-0.39, 0.29) is 4.90 Å². The topological polar surface area (TPSA) is 72.0 Å². The molecule has 176 valence electrons. The van der Waals surface area contributed by atoms with Crippen LogP contribution in [0.1, 0.15) is 22.4 Å². The molecular weight excluding hydrogens is 458 g/mol. The van der Waals surface area contributed by atoms with Crippen molar-refractivity contribution in [1.82, 2.24) is 9.29 Å². The number of methoxy groups -OCH3 is 2. The Hall–Kier alpha value is -2.62. The number of aryl methyl sites for hydroxylation is 1. The second-order valence-electron chi connectivity index (χ2n) is 8.07. The summed E-state index contributed by atoms with van der Waals surface area (Å²) in [6, 6.07) is 11.1. The summed E-state index contributed by atoms with van der Waals surface area (Å²) in [5.74, 6) is 0.901. The van der Waals surface area contributed by atoms with E-state index in [1.165, 1.54) is 41.3 Å². The number of piperazine rings is 1. The Bertz CT molecular complexity index is 1230. The van der Waals surface area contributed by atoms with Crippen molar-refractivity contribution in [1.29, 1.82) is 0 Å². The van der Waals surface area contributed by atoms with E-state index in [0.717, 1.165) is 17.2 Å². The van der Waals surface area contributed by atoms with Gasteiger partial charge in [-0.1, -0.05) is 18.2 Å². The van der Waals surface area contributed by atoms with Crippen LogP contribution < -0.4 is 14.4 Å². The van der Waals surface area contributed by atoms with Gasteiger partial charge in [0.2, 0.25) is 10.0 Å². The van der Waals surface area contributed by atoms with Gasteiger partial charge in [0.25, 0.3) is 0 Å². The lowest BCUT2D eigenvalue weighted by molar-refractivity contribution is 0.353. The zero-order valence-corrected chi connectivity index (χ0v) is 21.0. The third-order valence-corrected chi connectivity index (χ3v) is 8.97. The third kappa shape index (κ3) is 4.85. The van der Waals surface area contributed by atoms with Crippen molar-refractivity contribution in [3.8, 4) is 11.5 Å². The summed E-state index contributed by atoms with van der Waals surface area (Å²) in [6.07, 6.45) is 0.803. The normalized spacial score (nSPS) is 15.0. The first-order valence-electron chi connectivity index (χ1n) is 10.8. The van der Waals surface area contributed by atoms with Crippen LogP contribution in [0, 0.1) is 13.8 Å². The minimum absolute atomic E-state index is 0.207. The van der Waals surface area contributed by atoms with Crippen molar-refractivity contribution < 1.29 is 17.9 Å². The fourth-order valence-electron chi connectivity index (χ4n) is 3.97. The highest BCUT2D eigenvalue weighted by molar-refractivity contribution is 7.89. The van der Waals surface area contributed by atoms with Gasteiger partial charge in [-0.05, 0) is 42.7 Å². The molecule has 33 heavy (non-hydrogen) atoms. The van der Waals surface area contributed by atoms with Gasteiger partial charge in [-0.3, -0.25) is 0 Å². The Morgan fingerprint density at radius 3 is 2.42 bits per heavy atom. The van der Waals surface area contributed by atoms with E-state index >= 15 is 0 Å². The monoisotopic (exact) mass is 487 g/mol. The summed E-state index contributed by atoms with van der Waals surface area (Å²) in [5, 5.41) is 3.04. The molecule has 0 saturated carbocycles. The first-order chi connectivity index (χ1) is 15.8. The zero-order chi connectivity index (χ0) is 23.6. The van der Waals surface area contributed by atoms with E-state index in [0.29, 0.717) is 37.7 Å². The fourth-order valence-corrected chi connectivity index (χ4v) is 6.28. The molecule has 4 rings (SSSR count). The van der Waals surface area contributed by atoms with Gasteiger partial charge in [-0.15, -0.1) is 11.3 Å². The van der Waals surface area contributed by atoms with Crippen LogP contribution in [-0.4, -0.2) is 58.1 Å². The number of nitrogens with zero attached hydrogens (tertiary/aromatic N) is 3. The fraction of sp³-hybridized carbons (Fsp3) is 0.375. The predicted octanol–water partition coefficient (Wildman–Crippen LogP) is 3.88. The molecule has 0 amide bonds. The molecular formula is C24H29N3O4S2. The molecule has 1 aliphatic heterocycles. The summed E-state index contributed by atoms with van der Waals surface area (Å²) in [5.41, 5.74) is 4.93. The molecule has 2 aromatic carbocycles. The largest absolute Gasteiger partial charge is 0.493 e. The van der Waals surface area contributed by atoms with Crippen LogP contribution in [0.15, 0.2) is 46.7 Å². The highest BCUT2D eigenvalue weighted by Gasteiger charge is 2.30. The van der Waals surface area contributed by atoms with Crippen molar-refractivity contribution in [2.24, 2.45) is 0 Å². The quantitative estimate of drug-likeness (QED) is 0.504. The Morgan fingerprint density at radius 2 is 1.73 bits per heavy atom.